The van der Waals surface area contributed by atoms with Crippen molar-refractivity contribution in [2.45, 2.75) is 91.9 Å². The molecule has 3 amide bonds. The molecule has 390 valence electrons. The molecule has 0 bridgehead atoms. The Morgan fingerprint density at radius 2 is 0.545 bits per heavy atom. The third-order valence-electron chi connectivity index (χ3n) is 12.3. The summed E-state index contributed by atoms with van der Waals surface area (Å²) in [6, 6.07) is 39.7. The van der Waals surface area contributed by atoms with E-state index in [0.29, 0.717) is 60.3 Å². The minimum atomic E-state index is -0.272. The summed E-state index contributed by atoms with van der Waals surface area (Å²) >= 11 is 0. The average Bonchev–Trinajstić information content (AvgIpc) is 4.35. The zero-order valence-electron chi connectivity index (χ0n) is 42.3. The normalized spacial score (nSPS) is 11.2. The maximum absolute atomic E-state index is 14.2. The van der Waals surface area contributed by atoms with Crippen LogP contribution in [0.1, 0.15) is 69.8 Å². The standard InChI is InChI=1S/C53H55N21O3/c1-2-51(75)66(27-45-37-73(64-58-45)39-52(76)67(29-47-33-69(60-54-47)23-41-15-7-3-8-16-41)30-48-34-70(61-55-48)24-42-17-9-4-10-18-42)28-46-38-74(65-59-46)40-53(77)68(31-49-35-71(62-56-49)25-43-19-11-5-12-20-43)32-50-36-72(63-57-50)26-44-21-13-6-14-22-44/h3-22,33-38H,2,23-32,39-40H2,1H3. The third kappa shape index (κ3) is 14.3. The molecule has 0 unspecified atom stereocenters. The Bertz CT molecular complexity index is 3090. The zero-order chi connectivity index (χ0) is 52.8. The van der Waals surface area contributed by atoms with Crippen molar-refractivity contribution in [1.82, 2.24) is 105 Å². The first-order chi connectivity index (χ1) is 37.7. The number of hydrogen-bond donors (Lipinski definition) is 0. The Hall–Kier alpha value is -9.87. The molecule has 0 N–H and O–H groups in total. The van der Waals surface area contributed by atoms with Crippen molar-refractivity contribution in [1.29, 1.82) is 0 Å². The molecular formula is C53H55N21O3. The molecule has 6 heterocycles. The summed E-state index contributed by atoms with van der Waals surface area (Å²) in [6.07, 6.45) is 10.8. The number of carbonyl (C=O) groups is 3. The molecule has 77 heavy (non-hydrogen) atoms. The molecule has 0 aliphatic rings. The first kappa shape index (κ1) is 50.7. The second-order valence-corrected chi connectivity index (χ2v) is 18.5. The fourth-order valence-corrected chi connectivity index (χ4v) is 8.58. The molecule has 24 heteroatoms. The van der Waals surface area contributed by atoms with Gasteiger partial charge in [-0.15, -0.1) is 30.6 Å². The van der Waals surface area contributed by atoms with Crippen molar-refractivity contribution < 1.29 is 14.4 Å². The minimum Gasteiger partial charge on any atom is -0.331 e. The van der Waals surface area contributed by atoms with Crippen molar-refractivity contribution in [3.05, 3.63) is 215 Å². The van der Waals surface area contributed by atoms with Crippen LogP contribution in [0.5, 0.6) is 0 Å². The smallest absolute Gasteiger partial charge is 0.245 e. The molecule has 24 nitrogen and oxygen atoms in total. The van der Waals surface area contributed by atoms with Crippen LogP contribution in [-0.2, 0) is 92.9 Å². The second kappa shape index (κ2) is 24.4. The Morgan fingerprint density at radius 3 is 0.792 bits per heavy atom. The van der Waals surface area contributed by atoms with Gasteiger partial charge in [0.25, 0.3) is 0 Å². The van der Waals surface area contributed by atoms with Crippen molar-refractivity contribution in [2.24, 2.45) is 0 Å². The lowest BCUT2D eigenvalue weighted by Crippen LogP contribution is -2.33. The summed E-state index contributed by atoms with van der Waals surface area (Å²) in [7, 11) is 0. The van der Waals surface area contributed by atoms with E-state index in [0.717, 1.165) is 22.3 Å². The number of carbonyl (C=O) groups excluding carboxylic acids is 3. The van der Waals surface area contributed by atoms with Gasteiger partial charge in [-0.3, -0.25) is 14.4 Å². The van der Waals surface area contributed by atoms with Gasteiger partial charge in [-0.2, -0.15) is 0 Å². The van der Waals surface area contributed by atoms with Crippen LogP contribution in [0, 0.1) is 0 Å². The highest BCUT2D eigenvalue weighted by Gasteiger charge is 2.23. The van der Waals surface area contributed by atoms with Crippen LogP contribution in [-0.4, -0.2) is 122 Å². The highest BCUT2D eigenvalue weighted by molar-refractivity contribution is 5.77. The quantitative estimate of drug-likeness (QED) is 0.0790. The molecule has 0 spiro atoms. The van der Waals surface area contributed by atoms with Crippen molar-refractivity contribution in [3.8, 4) is 0 Å². The molecule has 10 aromatic rings. The van der Waals surface area contributed by atoms with E-state index in [1.165, 1.54) is 9.36 Å². The van der Waals surface area contributed by atoms with Crippen LogP contribution in [0.15, 0.2) is 159 Å². The van der Waals surface area contributed by atoms with E-state index in [1.54, 1.807) is 52.7 Å². The van der Waals surface area contributed by atoms with Crippen molar-refractivity contribution in [3.63, 3.8) is 0 Å². The largest absolute Gasteiger partial charge is 0.331 e. The molecule has 0 atom stereocenters. The lowest BCUT2D eigenvalue weighted by atomic mass is 10.2. The lowest BCUT2D eigenvalue weighted by Gasteiger charge is -2.20. The summed E-state index contributed by atoms with van der Waals surface area (Å²) in [5.41, 5.74) is 7.56. The predicted octanol–water partition coefficient (Wildman–Crippen LogP) is 3.83. The number of nitrogens with zero attached hydrogens (tertiary/aromatic N) is 21. The van der Waals surface area contributed by atoms with Crippen LogP contribution >= 0.6 is 0 Å². The van der Waals surface area contributed by atoms with Gasteiger partial charge in [0.1, 0.15) is 47.3 Å². The van der Waals surface area contributed by atoms with Crippen LogP contribution in [0.4, 0.5) is 0 Å². The van der Waals surface area contributed by atoms with Gasteiger partial charge in [-0.1, -0.05) is 160 Å². The molecule has 0 fully saturated rings. The van der Waals surface area contributed by atoms with Crippen LogP contribution < -0.4 is 0 Å². The van der Waals surface area contributed by atoms with Gasteiger partial charge >= 0.3 is 0 Å². The molecule has 0 radical (unpaired) electrons. The van der Waals surface area contributed by atoms with E-state index >= 15 is 0 Å². The fraction of sp³-hybridized carbons (Fsp3) is 0.264. The maximum Gasteiger partial charge on any atom is 0.245 e. The molecule has 4 aromatic carbocycles. The SMILES string of the molecule is CCC(=O)N(Cc1cn(CC(=O)N(Cc2cn(Cc3ccccc3)nn2)Cc2cn(Cc3ccccc3)nn2)nn1)Cc1cn(CC(=O)N(Cc2cn(Cc3ccccc3)nn2)Cc2cn(Cc3ccccc3)nn2)nn1. The predicted molar refractivity (Wildman–Crippen MR) is 275 cm³/mol. The number of aromatic nitrogens is 18. The Balaban J connectivity index is 0.790. The molecular weight excluding hydrogens is 979 g/mol. The number of amides is 3. The highest BCUT2D eigenvalue weighted by atomic mass is 16.2. The van der Waals surface area contributed by atoms with E-state index in [4.69, 9.17) is 0 Å². The molecule has 0 saturated carbocycles. The van der Waals surface area contributed by atoms with E-state index in [9.17, 15) is 14.4 Å². The molecule has 0 saturated heterocycles. The summed E-state index contributed by atoms with van der Waals surface area (Å²) in [4.78, 5) is 46.6. The van der Waals surface area contributed by atoms with Crippen LogP contribution in [0.25, 0.3) is 0 Å². The summed E-state index contributed by atoms with van der Waals surface area (Å²) in [5.74, 6) is -0.710. The van der Waals surface area contributed by atoms with Gasteiger partial charge in [0.05, 0.1) is 103 Å². The maximum atomic E-state index is 14.2. The fourth-order valence-electron chi connectivity index (χ4n) is 8.58. The Labute approximate surface area is 442 Å². The Morgan fingerprint density at radius 1 is 0.325 bits per heavy atom. The molecule has 0 aliphatic heterocycles. The third-order valence-corrected chi connectivity index (χ3v) is 12.3. The summed E-state index contributed by atoms with van der Waals surface area (Å²) in [6.45, 7) is 4.34. The summed E-state index contributed by atoms with van der Waals surface area (Å²) < 4.78 is 9.83. The monoisotopic (exact) mass is 1030 g/mol. The molecule has 10 rings (SSSR count). The highest BCUT2D eigenvalue weighted by Crippen LogP contribution is 2.15. The lowest BCUT2D eigenvalue weighted by molar-refractivity contribution is -0.134. The van der Waals surface area contributed by atoms with Gasteiger partial charge in [0, 0.05) is 6.42 Å². The van der Waals surface area contributed by atoms with E-state index in [1.807, 2.05) is 146 Å². The van der Waals surface area contributed by atoms with Gasteiger partial charge in [-0.25, -0.2) is 28.1 Å². The van der Waals surface area contributed by atoms with Gasteiger partial charge in [0.2, 0.25) is 17.7 Å². The van der Waals surface area contributed by atoms with Crippen LogP contribution in [0.3, 0.4) is 0 Å². The van der Waals surface area contributed by atoms with E-state index in [2.05, 4.69) is 61.9 Å². The molecule has 0 aliphatic carbocycles. The first-order valence-corrected chi connectivity index (χ1v) is 25.0. The number of rotatable bonds is 25. The van der Waals surface area contributed by atoms with Gasteiger partial charge < -0.3 is 14.7 Å². The Kier molecular flexibility index (Phi) is 16.1. The van der Waals surface area contributed by atoms with Crippen molar-refractivity contribution >= 4 is 17.7 Å². The minimum absolute atomic E-state index is 0.0785. The second-order valence-electron chi connectivity index (χ2n) is 18.5. The number of hydrogen-bond acceptors (Lipinski definition) is 15. The average molecular weight is 1030 g/mol. The van der Waals surface area contributed by atoms with E-state index < -0.39 is 0 Å². The zero-order valence-corrected chi connectivity index (χ0v) is 42.3. The van der Waals surface area contributed by atoms with Crippen molar-refractivity contribution in [2.75, 3.05) is 0 Å². The van der Waals surface area contributed by atoms with Gasteiger partial charge in [-0.05, 0) is 22.3 Å². The number of benzene rings is 4. The first-order valence-electron chi connectivity index (χ1n) is 25.0. The summed E-state index contributed by atoms with van der Waals surface area (Å²) in [5, 5.41) is 52.0. The topological polar surface area (TPSA) is 245 Å². The van der Waals surface area contributed by atoms with Crippen LogP contribution in [0.2, 0.25) is 0 Å². The molecule has 6 aromatic heterocycles. The van der Waals surface area contributed by atoms with Gasteiger partial charge in [0.15, 0.2) is 0 Å². The van der Waals surface area contributed by atoms with E-state index in [-0.39, 0.29) is 76.5 Å².